The van der Waals surface area contributed by atoms with Crippen LogP contribution in [0.4, 0.5) is 0 Å². The van der Waals surface area contributed by atoms with Crippen LogP contribution in [0.25, 0.3) is 0 Å². The fourth-order valence-corrected chi connectivity index (χ4v) is 1.37. The van der Waals surface area contributed by atoms with Crippen LogP contribution in [0.2, 0.25) is 0 Å². The van der Waals surface area contributed by atoms with E-state index in [1.165, 1.54) is 6.92 Å². The lowest BCUT2D eigenvalue weighted by atomic mass is 10.2. The maximum Gasteiger partial charge on any atom is 0.330 e. The van der Waals surface area contributed by atoms with E-state index in [0.29, 0.717) is 0 Å². The fourth-order valence-electron chi connectivity index (χ4n) is 1.37. The summed E-state index contributed by atoms with van der Waals surface area (Å²) in [5, 5.41) is 0. The molecule has 0 N–H and O–H groups in total. The monoisotopic (exact) mass is 358 g/mol. The van der Waals surface area contributed by atoms with Crippen LogP contribution < -0.4 is 0 Å². The minimum atomic E-state index is -0.644. The first-order chi connectivity index (χ1) is 11.8. The van der Waals surface area contributed by atoms with E-state index in [-0.39, 0.29) is 57.9 Å². The average molecular weight is 358 g/mol. The van der Waals surface area contributed by atoms with E-state index in [0.717, 1.165) is 6.08 Å². The van der Waals surface area contributed by atoms with Crippen LogP contribution in [-0.4, -0.2) is 56.1 Å². The molecule has 140 valence electrons. The van der Waals surface area contributed by atoms with Gasteiger partial charge in [0.15, 0.2) is 0 Å². The second-order valence-corrected chi connectivity index (χ2v) is 4.74. The molecule has 0 aromatic carbocycles. The second kappa shape index (κ2) is 13.7. The number of hydrogen-bond donors (Lipinski definition) is 0. The minimum absolute atomic E-state index is 0.0166. The third kappa shape index (κ3) is 14.6. The Bertz CT molecular complexity index is 496. The van der Waals surface area contributed by atoms with Gasteiger partial charge in [0.25, 0.3) is 0 Å². The number of ketones is 1. The molecule has 9 nitrogen and oxygen atoms in total. The molecule has 0 atom stereocenters. The molecule has 0 saturated carbocycles. The van der Waals surface area contributed by atoms with E-state index >= 15 is 0 Å². The molecule has 0 radical (unpaired) electrons. The lowest BCUT2D eigenvalue weighted by molar-refractivity contribution is -0.155. The van der Waals surface area contributed by atoms with Gasteiger partial charge >= 0.3 is 23.9 Å². The first kappa shape index (κ1) is 22.3. The summed E-state index contributed by atoms with van der Waals surface area (Å²) in [6.45, 7) is 4.09. The van der Waals surface area contributed by atoms with E-state index in [1.54, 1.807) is 0 Å². The third-order valence-electron chi connectivity index (χ3n) is 2.58. The minimum Gasteiger partial charge on any atom is -0.462 e. The molecule has 0 amide bonds. The molecule has 0 aliphatic rings. The number of rotatable bonds is 13. The molecule has 0 heterocycles. The molecular weight excluding hydrogens is 336 g/mol. The van der Waals surface area contributed by atoms with Crippen molar-refractivity contribution in [3.05, 3.63) is 12.7 Å². The van der Waals surface area contributed by atoms with Crippen molar-refractivity contribution in [1.29, 1.82) is 0 Å². The Morgan fingerprint density at radius 2 is 1.04 bits per heavy atom. The van der Waals surface area contributed by atoms with Crippen LogP contribution >= 0.6 is 0 Å². The summed E-state index contributed by atoms with van der Waals surface area (Å²) in [6.07, 6.45) is 0.694. The predicted molar refractivity (Wildman–Crippen MR) is 83.2 cm³/mol. The van der Waals surface area contributed by atoms with E-state index in [1.807, 2.05) is 0 Å². The van der Waals surface area contributed by atoms with Gasteiger partial charge in [-0.05, 0) is 6.92 Å². The van der Waals surface area contributed by atoms with Gasteiger partial charge in [0.2, 0.25) is 0 Å². The van der Waals surface area contributed by atoms with E-state index in [4.69, 9.17) is 14.2 Å². The lowest BCUT2D eigenvalue weighted by Crippen LogP contribution is -2.16. The highest BCUT2D eigenvalue weighted by Gasteiger charge is 2.10. The smallest absolute Gasteiger partial charge is 0.330 e. The van der Waals surface area contributed by atoms with Crippen molar-refractivity contribution in [3.63, 3.8) is 0 Å². The SMILES string of the molecule is C=CC(=O)OCCOC(=O)CCC(=O)OCCOC(=O)CCC(C)=O. The highest BCUT2D eigenvalue weighted by atomic mass is 16.6. The zero-order chi connectivity index (χ0) is 19.1. The Morgan fingerprint density at radius 3 is 1.40 bits per heavy atom. The Kier molecular flexibility index (Phi) is 12.2. The summed E-state index contributed by atoms with van der Waals surface area (Å²) < 4.78 is 18.9. The normalized spacial score (nSPS) is 9.64. The molecule has 0 rings (SSSR count). The molecule has 0 fully saturated rings. The summed E-state index contributed by atoms with van der Waals surface area (Å²) in [7, 11) is 0. The fraction of sp³-hybridized carbons (Fsp3) is 0.562. The highest BCUT2D eigenvalue weighted by Crippen LogP contribution is 1.98. The van der Waals surface area contributed by atoms with E-state index < -0.39 is 23.9 Å². The van der Waals surface area contributed by atoms with Crippen LogP contribution in [0.3, 0.4) is 0 Å². The molecule has 0 bridgehead atoms. The van der Waals surface area contributed by atoms with Gasteiger partial charge in [0, 0.05) is 12.5 Å². The number of esters is 4. The number of ether oxygens (including phenoxy) is 4. The van der Waals surface area contributed by atoms with Crippen molar-refractivity contribution >= 4 is 29.7 Å². The van der Waals surface area contributed by atoms with Gasteiger partial charge in [-0.3, -0.25) is 14.4 Å². The van der Waals surface area contributed by atoms with Crippen LogP contribution in [0.15, 0.2) is 12.7 Å². The molecule has 0 aromatic rings. The molecule has 0 unspecified atom stereocenters. The van der Waals surface area contributed by atoms with Gasteiger partial charge < -0.3 is 23.7 Å². The molecule has 9 heteroatoms. The quantitative estimate of drug-likeness (QED) is 0.200. The van der Waals surface area contributed by atoms with Crippen molar-refractivity contribution in [2.75, 3.05) is 26.4 Å². The van der Waals surface area contributed by atoms with Gasteiger partial charge in [-0.1, -0.05) is 6.58 Å². The second-order valence-electron chi connectivity index (χ2n) is 4.74. The van der Waals surface area contributed by atoms with Crippen molar-refractivity contribution in [3.8, 4) is 0 Å². The Labute approximate surface area is 145 Å². The first-order valence-corrected chi connectivity index (χ1v) is 7.60. The number of carbonyl (C=O) groups is 5. The van der Waals surface area contributed by atoms with Crippen molar-refractivity contribution < 1.29 is 42.9 Å². The largest absolute Gasteiger partial charge is 0.462 e. The van der Waals surface area contributed by atoms with Crippen LogP contribution in [0, 0.1) is 0 Å². The molecular formula is C16H22O9. The molecule has 0 spiro atoms. The zero-order valence-electron chi connectivity index (χ0n) is 14.1. The van der Waals surface area contributed by atoms with Crippen LogP contribution in [0.1, 0.15) is 32.6 Å². The maximum atomic E-state index is 11.4. The Morgan fingerprint density at radius 1 is 0.680 bits per heavy atom. The first-order valence-electron chi connectivity index (χ1n) is 7.60. The summed E-state index contributed by atoms with van der Waals surface area (Å²) in [5.74, 6) is -2.57. The Hall–Kier alpha value is -2.71. The van der Waals surface area contributed by atoms with Gasteiger partial charge in [-0.25, -0.2) is 4.79 Å². The highest BCUT2D eigenvalue weighted by molar-refractivity contribution is 5.81. The third-order valence-corrected chi connectivity index (χ3v) is 2.58. The number of carbonyl (C=O) groups excluding carboxylic acids is 5. The summed E-state index contributed by atoms with van der Waals surface area (Å²) in [4.78, 5) is 55.3. The van der Waals surface area contributed by atoms with E-state index in [2.05, 4.69) is 11.3 Å². The van der Waals surface area contributed by atoms with Gasteiger partial charge in [-0.2, -0.15) is 0 Å². The molecule has 0 aliphatic carbocycles. The molecule has 0 saturated heterocycles. The molecule has 0 aromatic heterocycles. The standard InChI is InChI=1S/C16H22O9/c1-3-13(18)22-8-9-24-15(20)6-7-16(21)25-11-10-23-14(19)5-4-12(2)17/h3H,1,4-11H2,2H3. The summed E-state index contributed by atoms with van der Waals surface area (Å²) in [6, 6.07) is 0. The zero-order valence-corrected chi connectivity index (χ0v) is 14.1. The van der Waals surface area contributed by atoms with Crippen molar-refractivity contribution in [1.82, 2.24) is 0 Å². The van der Waals surface area contributed by atoms with E-state index in [9.17, 15) is 24.0 Å². The lowest BCUT2D eigenvalue weighted by Gasteiger charge is -2.07. The van der Waals surface area contributed by atoms with Crippen molar-refractivity contribution in [2.45, 2.75) is 32.6 Å². The van der Waals surface area contributed by atoms with Gasteiger partial charge in [-0.15, -0.1) is 0 Å². The van der Waals surface area contributed by atoms with Crippen molar-refractivity contribution in [2.24, 2.45) is 0 Å². The number of Topliss-reactive ketones (excluding diaryl/α,β-unsaturated/α-hetero) is 1. The summed E-state index contributed by atoms with van der Waals surface area (Å²) in [5.41, 5.74) is 0. The summed E-state index contributed by atoms with van der Waals surface area (Å²) >= 11 is 0. The average Bonchev–Trinajstić information content (AvgIpc) is 2.58. The number of hydrogen-bond acceptors (Lipinski definition) is 9. The van der Waals surface area contributed by atoms with Crippen LogP contribution in [-0.2, 0) is 42.9 Å². The maximum absolute atomic E-state index is 11.4. The predicted octanol–water partition coefficient (Wildman–Crippen LogP) is 0.495. The molecule has 0 aliphatic heterocycles. The topological polar surface area (TPSA) is 122 Å². The molecule has 25 heavy (non-hydrogen) atoms. The Balaban J connectivity index is 3.61. The van der Waals surface area contributed by atoms with Gasteiger partial charge in [0.1, 0.15) is 32.2 Å². The van der Waals surface area contributed by atoms with Crippen LogP contribution in [0.5, 0.6) is 0 Å². The van der Waals surface area contributed by atoms with Gasteiger partial charge in [0.05, 0.1) is 19.3 Å².